The van der Waals surface area contributed by atoms with Crippen molar-refractivity contribution in [3.63, 3.8) is 0 Å². The van der Waals surface area contributed by atoms with Crippen molar-refractivity contribution >= 4 is 40.0 Å². The highest BCUT2D eigenvalue weighted by atomic mass is 32.2. The molecule has 3 rings (SSSR count). The first-order chi connectivity index (χ1) is 12.5. The molecular formula is C16H21N5O3S2. The number of nitrogens with zero attached hydrogens (tertiary/aromatic N) is 4. The topological polar surface area (TPSA) is 91.6 Å². The van der Waals surface area contributed by atoms with Gasteiger partial charge in [-0.05, 0) is 19.9 Å². The van der Waals surface area contributed by atoms with Gasteiger partial charge in [0, 0.05) is 33.2 Å². The molecule has 26 heavy (non-hydrogen) atoms. The van der Waals surface area contributed by atoms with E-state index in [1.165, 1.54) is 23.1 Å². The van der Waals surface area contributed by atoms with Crippen molar-refractivity contribution in [2.24, 2.45) is 0 Å². The van der Waals surface area contributed by atoms with Crippen LogP contribution in [0.1, 0.15) is 21.9 Å². The van der Waals surface area contributed by atoms with Crippen molar-refractivity contribution in [1.82, 2.24) is 20.4 Å². The van der Waals surface area contributed by atoms with Gasteiger partial charge < -0.3 is 19.5 Å². The number of aromatic nitrogens is 2. The molecule has 1 aliphatic rings. The molecule has 1 fully saturated rings. The van der Waals surface area contributed by atoms with E-state index in [4.69, 9.17) is 4.42 Å². The van der Waals surface area contributed by atoms with Gasteiger partial charge in [0.1, 0.15) is 11.5 Å². The zero-order chi connectivity index (χ0) is 18.7. The van der Waals surface area contributed by atoms with Crippen molar-refractivity contribution in [3.8, 4) is 0 Å². The lowest BCUT2D eigenvalue weighted by Crippen LogP contribution is -2.48. The van der Waals surface area contributed by atoms with Crippen LogP contribution in [0, 0.1) is 13.8 Å². The van der Waals surface area contributed by atoms with Crippen LogP contribution in [0.4, 0.5) is 5.13 Å². The first-order valence-electron chi connectivity index (χ1n) is 8.26. The van der Waals surface area contributed by atoms with Crippen molar-refractivity contribution in [3.05, 3.63) is 23.2 Å². The zero-order valence-electron chi connectivity index (χ0n) is 14.9. The van der Waals surface area contributed by atoms with Crippen LogP contribution in [0.5, 0.6) is 0 Å². The zero-order valence-corrected chi connectivity index (χ0v) is 16.6. The number of aryl methyl sites for hydroxylation is 2. The molecule has 1 aliphatic heterocycles. The molecule has 0 saturated carbocycles. The van der Waals surface area contributed by atoms with Gasteiger partial charge >= 0.3 is 0 Å². The molecule has 2 aromatic rings. The van der Waals surface area contributed by atoms with E-state index in [9.17, 15) is 9.59 Å². The highest BCUT2D eigenvalue weighted by Gasteiger charge is 2.26. The van der Waals surface area contributed by atoms with Gasteiger partial charge in [0.25, 0.3) is 5.91 Å². The number of hydrogen-bond acceptors (Lipinski definition) is 8. The number of hydrogen-bond donors (Lipinski definition) is 1. The lowest BCUT2D eigenvalue weighted by molar-refractivity contribution is -0.118. The summed E-state index contributed by atoms with van der Waals surface area (Å²) < 4.78 is 6.23. The molecule has 1 N–H and O–H groups in total. The van der Waals surface area contributed by atoms with E-state index >= 15 is 0 Å². The Hall–Kier alpha value is -2.07. The van der Waals surface area contributed by atoms with Crippen LogP contribution in [0.25, 0.3) is 0 Å². The second-order valence-electron chi connectivity index (χ2n) is 5.92. The Morgan fingerprint density at radius 2 is 2.00 bits per heavy atom. The molecule has 0 bridgehead atoms. The number of furan rings is 1. The number of rotatable bonds is 5. The number of thioether (sulfide) groups is 1. The molecule has 2 aromatic heterocycles. The van der Waals surface area contributed by atoms with E-state index in [2.05, 4.69) is 20.4 Å². The summed E-state index contributed by atoms with van der Waals surface area (Å²) in [5.41, 5.74) is 0.639. The third-order valence-corrected chi connectivity index (χ3v) is 6.23. The van der Waals surface area contributed by atoms with Crippen LogP contribution < -0.4 is 10.2 Å². The maximum Gasteiger partial charge on any atom is 0.257 e. The van der Waals surface area contributed by atoms with Gasteiger partial charge in [0.15, 0.2) is 4.34 Å². The third kappa shape index (κ3) is 4.18. The third-order valence-electron chi connectivity index (χ3n) is 4.11. The van der Waals surface area contributed by atoms with Crippen molar-refractivity contribution < 1.29 is 14.0 Å². The predicted octanol–water partition coefficient (Wildman–Crippen LogP) is 1.55. The van der Waals surface area contributed by atoms with Crippen LogP contribution in [0.2, 0.25) is 0 Å². The predicted molar refractivity (Wildman–Crippen MR) is 101 cm³/mol. The average molecular weight is 396 g/mol. The van der Waals surface area contributed by atoms with Gasteiger partial charge in [-0.25, -0.2) is 0 Å². The Morgan fingerprint density at radius 1 is 1.27 bits per heavy atom. The van der Waals surface area contributed by atoms with Crippen LogP contribution >= 0.6 is 23.1 Å². The summed E-state index contributed by atoms with van der Waals surface area (Å²) >= 11 is 2.85. The van der Waals surface area contributed by atoms with Crippen molar-refractivity contribution in [2.45, 2.75) is 18.2 Å². The molecule has 0 aliphatic carbocycles. The summed E-state index contributed by atoms with van der Waals surface area (Å²) in [7, 11) is 1.61. The van der Waals surface area contributed by atoms with Gasteiger partial charge in [0.05, 0.1) is 11.3 Å². The quantitative estimate of drug-likeness (QED) is 0.768. The Bertz CT molecular complexity index is 796. The number of carbonyl (C=O) groups excluding carboxylic acids is 2. The summed E-state index contributed by atoms with van der Waals surface area (Å²) in [4.78, 5) is 27.9. The number of nitrogens with one attached hydrogen (secondary N) is 1. The van der Waals surface area contributed by atoms with E-state index < -0.39 is 0 Å². The highest BCUT2D eigenvalue weighted by Crippen LogP contribution is 2.28. The number of carbonyl (C=O) groups is 2. The van der Waals surface area contributed by atoms with Gasteiger partial charge in [0.2, 0.25) is 11.0 Å². The maximum absolute atomic E-state index is 12.6. The van der Waals surface area contributed by atoms with Crippen LogP contribution in [-0.4, -0.2) is 65.9 Å². The van der Waals surface area contributed by atoms with Gasteiger partial charge in [-0.3, -0.25) is 9.59 Å². The second-order valence-corrected chi connectivity index (χ2v) is 8.10. The SMILES string of the molecule is CNC(=O)CSc1nnc(N2CCN(C(=O)c3cc(C)oc3C)CC2)s1. The number of piperazine rings is 1. The Morgan fingerprint density at radius 3 is 2.62 bits per heavy atom. The largest absolute Gasteiger partial charge is 0.466 e. The molecule has 10 heteroatoms. The first-order valence-corrected chi connectivity index (χ1v) is 10.1. The monoisotopic (exact) mass is 395 g/mol. The van der Waals surface area contributed by atoms with Gasteiger partial charge in [-0.2, -0.15) is 0 Å². The van der Waals surface area contributed by atoms with Crippen molar-refractivity contribution in [1.29, 1.82) is 0 Å². The average Bonchev–Trinajstić information content (AvgIpc) is 3.25. The molecule has 0 aromatic carbocycles. The minimum Gasteiger partial charge on any atom is -0.466 e. The maximum atomic E-state index is 12.6. The highest BCUT2D eigenvalue weighted by molar-refractivity contribution is 8.01. The molecular weight excluding hydrogens is 374 g/mol. The lowest BCUT2D eigenvalue weighted by atomic mass is 10.2. The van der Waals surface area contributed by atoms with Gasteiger partial charge in [-0.1, -0.05) is 23.1 Å². The molecule has 1 saturated heterocycles. The van der Waals surface area contributed by atoms with Gasteiger partial charge in [-0.15, -0.1) is 10.2 Å². The molecule has 0 unspecified atom stereocenters. The molecule has 0 atom stereocenters. The molecule has 0 spiro atoms. The van der Waals surface area contributed by atoms with E-state index in [0.29, 0.717) is 43.3 Å². The summed E-state index contributed by atoms with van der Waals surface area (Å²) in [6, 6.07) is 1.80. The van der Waals surface area contributed by atoms with Crippen molar-refractivity contribution in [2.75, 3.05) is 43.9 Å². The Kier molecular flexibility index (Phi) is 5.82. The van der Waals surface area contributed by atoms with E-state index in [1.54, 1.807) is 13.1 Å². The lowest BCUT2D eigenvalue weighted by Gasteiger charge is -2.34. The molecule has 140 valence electrons. The van der Waals surface area contributed by atoms with Crippen LogP contribution in [0.3, 0.4) is 0 Å². The molecule has 8 nitrogen and oxygen atoms in total. The standard InChI is InChI=1S/C16H21N5O3S2/c1-10-8-12(11(2)24-10)14(23)20-4-6-21(7-5-20)15-18-19-16(26-15)25-9-13(22)17-3/h8H,4-7,9H2,1-3H3,(H,17,22). The Labute approximate surface area is 159 Å². The van der Waals surface area contributed by atoms with E-state index in [-0.39, 0.29) is 11.8 Å². The van der Waals surface area contributed by atoms with E-state index in [1.807, 2.05) is 18.7 Å². The minimum atomic E-state index is -0.0383. The number of amides is 2. The fourth-order valence-electron chi connectivity index (χ4n) is 2.70. The van der Waals surface area contributed by atoms with Crippen LogP contribution in [0.15, 0.2) is 14.8 Å². The second kappa shape index (κ2) is 8.09. The first kappa shape index (κ1) is 18.7. The Balaban J connectivity index is 1.55. The smallest absolute Gasteiger partial charge is 0.257 e. The minimum absolute atomic E-state index is 0.0121. The normalized spacial score (nSPS) is 14.6. The summed E-state index contributed by atoms with van der Waals surface area (Å²) in [6.07, 6.45) is 0. The fraction of sp³-hybridized carbons (Fsp3) is 0.500. The molecule has 3 heterocycles. The summed E-state index contributed by atoms with van der Waals surface area (Å²) in [5.74, 6) is 1.72. The summed E-state index contributed by atoms with van der Waals surface area (Å²) in [5, 5.41) is 11.8. The van der Waals surface area contributed by atoms with E-state index in [0.717, 1.165) is 15.2 Å². The summed E-state index contributed by atoms with van der Waals surface area (Å²) in [6.45, 7) is 6.32. The number of anilines is 1. The fourth-order valence-corrected chi connectivity index (χ4v) is 4.47. The molecule has 0 radical (unpaired) electrons. The van der Waals surface area contributed by atoms with Crippen LogP contribution in [-0.2, 0) is 4.79 Å². The molecule has 2 amide bonds.